The first-order chi connectivity index (χ1) is 11.4. The third kappa shape index (κ3) is 3.96. The van der Waals surface area contributed by atoms with Gasteiger partial charge in [0.15, 0.2) is 5.82 Å². The Bertz CT molecular complexity index is 653. The van der Waals surface area contributed by atoms with E-state index >= 15 is 0 Å². The zero-order valence-corrected chi connectivity index (χ0v) is 13.7. The number of aromatic nitrogens is 4. The Kier molecular flexibility index (Phi) is 4.37. The van der Waals surface area contributed by atoms with Crippen LogP contribution < -0.4 is 0 Å². The first-order valence-corrected chi connectivity index (χ1v) is 8.93. The number of nitrogens with zero attached hydrogens (tertiary/aromatic N) is 5. The van der Waals surface area contributed by atoms with Crippen molar-refractivity contribution in [3.63, 3.8) is 0 Å². The molecule has 0 amide bonds. The van der Waals surface area contributed by atoms with Gasteiger partial charge in [0.1, 0.15) is 0 Å². The molecule has 0 N–H and O–H groups in total. The predicted octanol–water partition coefficient (Wildman–Crippen LogP) is 3.23. The summed E-state index contributed by atoms with van der Waals surface area (Å²) in [5, 5.41) is 4.56. The van der Waals surface area contributed by atoms with Crippen LogP contribution in [0, 0.1) is 5.92 Å². The van der Waals surface area contributed by atoms with E-state index in [1.54, 1.807) is 16.3 Å². The van der Waals surface area contributed by atoms with Crippen molar-refractivity contribution in [3.8, 4) is 0 Å². The van der Waals surface area contributed by atoms with Crippen molar-refractivity contribution in [2.24, 2.45) is 5.92 Å². The fraction of sp³-hybridized carbons (Fsp3) is 0.611. The standard InChI is InChI=1S/C18H25N5/c1-2-5-15(6-3-1)9-12-22(13-16-7-8-16)14-17-20-18-19-10-4-11-23(18)21-17/h4-5,10-11,16H,1-3,6-9,12-14H2. The molecule has 122 valence electrons. The summed E-state index contributed by atoms with van der Waals surface area (Å²) < 4.78 is 1.77. The van der Waals surface area contributed by atoms with E-state index in [0.29, 0.717) is 5.78 Å². The van der Waals surface area contributed by atoms with E-state index in [2.05, 4.69) is 26.0 Å². The van der Waals surface area contributed by atoms with E-state index in [4.69, 9.17) is 0 Å². The highest BCUT2D eigenvalue weighted by Gasteiger charge is 2.25. The van der Waals surface area contributed by atoms with Crippen molar-refractivity contribution in [2.45, 2.75) is 51.5 Å². The normalized spacial score (nSPS) is 18.6. The zero-order valence-electron chi connectivity index (χ0n) is 13.7. The highest BCUT2D eigenvalue weighted by atomic mass is 15.3. The highest BCUT2D eigenvalue weighted by molar-refractivity contribution is 5.24. The molecule has 2 heterocycles. The lowest BCUT2D eigenvalue weighted by atomic mass is 9.97. The molecule has 1 fully saturated rings. The maximum Gasteiger partial charge on any atom is 0.252 e. The minimum atomic E-state index is 0.698. The summed E-state index contributed by atoms with van der Waals surface area (Å²) >= 11 is 0. The monoisotopic (exact) mass is 311 g/mol. The van der Waals surface area contributed by atoms with Crippen LogP contribution in [0.4, 0.5) is 0 Å². The lowest BCUT2D eigenvalue weighted by Crippen LogP contribution is -2.27. The molecule has 2 aromatic rings. The lowest BCUT2D eigenvalue weighted by Gasteiger charge is -2.22. The maximum atomic E-state index is 4.56. The largest absolute Gasteiger partial charge is 0.295 e. The predicted molar refractivity (Wildman–Crippen MR) is 90.0 cm³/mol. The van der Waals surface area contributed by atoms with Gasteiger partial charge in [0.2, 0.25) is 0 Å². The van der Waals surface area contributed by atoms with Gasteiger partial charge in [-0.15, -0.1) is 5.10 Å². The summed E-state index contributed by atoms with van der Waals surface area (Å²) in [6.07, 6.45) is 15.4. The minimum Gasteiger partial charge on any atom is -0.295 e. The van der Waals surface area contributed by atoms with E-state index in [1.165, 1.54) is 51.5 Å². The molecular weight excluding hydrogens is 286 g/mol. The van der Waals surface area contributed by atoms with Gasteiger partial charge in [-0.25, -0.2) is 9.50 Å². The second-order valence-corrected chi connectivity index (χ2v) is 6.93. The summed E-state index contributed by atoms with van der Waals surface area (Å²) in [5.74, 6) is 2.48. The van der Waals surface area contributed by atoms with Gasteiger partial charge in [-0.2, -0.15) is 4.98 Å². The third-order valence-corrected chi connectivity index (χ3v) is 4.87. The first-order valence-electron chi connectivity index (χ1n) is 8.93. The summed E-state index contributed by atoms with van der Waals surface area (Å²) in [4.78, 5) is 11.4. The van der Waals surface area contributed by atoms with Crippen LogP contribution in [-0.4, -0.2) is 37.6 Å². The van der Waals surface area contributed by atoms with E-state index in [0.717, 1.165) is 24.8 Å². The van der Waals surface area contributed by atoms with Crippen LogP contribution in [0.3, 0.4) is 0 Å². The molecule has 0 unspecified atom stereocenters. The van der Waals surface area contributed by atoms with Gasteiger partial charge in [0.25, 0.3) is 5.78 Å². The summed E-state index contributed by atoms with van der Waals surface area (Å²) in [5.41, 5.74) is 1.65. The Morgan fingerprint density at radius 1 is 1.26 bits per heavy atom. The van der Waals surface area contributed by atoms with Crippen molar-refractivity contribution in [1.82, 2.24) is 24.5 Å². The molecule has 0 radical (unpaired) electrons. The Labute approximate surface area is 137 Å². The van der Waals surface area contributed by atoms with Gasteiger partial charge in [0, 0.05) is 25.5 Å². The minimum absolute atomic E-state index is 0.698. The van der Waals surface area contributed by atoms with Crippen LogP contribution in [0.2, 0.25) is 0 Å². The fourth-order valence-electron chi connectivity index (χ4n) is 3.38. The highest BCUT2D eigenvalue weighted by Crippen LogP contribution is 2.30. The SMILES string of the molecule is C1=C(CCN(Cc2nc3ncccn3n2)CC2CC2)CCCC1. The molecule has 0 spiro atoms. The molecule has 2 aliphatic rings. The molecule has 2 aromatic heterocycles. The van der Waals surface area contributed by atoms with Crippen LogP contribution in [0.15, 0.2) is 30.1 Å². The first kappa shape index (κ1) is 14.8. The molecule has 23 heavy (non-hydrogen) atoms. The smallest absolute Gasteiger partial charge is 0.252 e. The average Bonchev–Trinajstić information content (AvgIpc) is 3.30. The van der Waals surface area contributed by atoms with Crippen molar-refractivity contribution in [2.75, 3.05) is 13.1 Å². The Morgan fingerprint density at radius 3 is 3.00 bits per heavy atom. The number of fused-ring (bicyclic) bond motifs is 1. The quantitative estimate of drug-likeness (QED) is 0.737. The van der Waals surface area contributed by atoms with Crippen LogP contribution in [0.5, 0.6) is 0 Å². The van der Waals surface area contributed by atoms with E-state index in [1.807, 2.05) is 12.3 Å². The van der Waals surface area contributed by atoms with Gasteiger partial charge in [-0.1, -0.05) is 11.6 Å². The molecule has 0 bridgehead atoms. The van der Waals surface area contributed by atoms with Crippen LogP contribution in [-0.2, 0) is 6.54 Å². The molecule has 0 saturated heterocycles. The van der Waals surface area contributed by atoms with Gasteiger partial charge in [-0.3, -0.25) is 4.90 Å². The number of rotatable bonds is 7. The Balaban J connectivity index is 1.41. The van der Waals surface area contributed by atoms with E-state index < -0.39 is 0 Å². The molecule has 0 atom stereocenters. The van der Waals surface area contributed by atoms with E-state index in [-0.39, 0.29) is 0 Å². The summed E-state index contributed by atoms with van der Waals surface area (Å²) in [7, 11) is 0. The van der Waals surface area contributed by atoms with Crippen LogP contribution >= 0.6 is 0 Å². The number of hydrogen-bond acceptors (Lipinski definition) is 4. The van der Waals surface area contributed by atoms with Gasteiger partial charge < -0.3 is 0 Å². The lowest BCUT2D eigenvalue weighted by molar-refractivity contribution is 0.250. The van der Waals surface area contributed by atoms with Crippen molar-refractivity contribution in [3.05, 3.63) is 35.9 Å². The van der Waals surface area contributed by atoms with Gasteiger partial charge in [0.05, 0.1) is 6.54 Å². The van der Waals surface area contributed by atoms with Crippen molar-refractivity contribution >= 4 is 5.78 Å². The molecule has 5 heteroatoms. The molecule has 4 rings (SSSR count). The van der Waals surface area contributed by atoms with Crippen LogP contribution in [0.25, 0.3) is 5.78 Å². The molecule has 1 saturated carbocycles. The third-order valence-electron chi connectivity index (χ3n) is 4.87. The van der Waals surface area contributed by atoms with Gasteiger partial charge >= 0.3 is 0 Å². The van der Waals surface area contributed by atoms with E-state index in [9.17, 15) is 0 Å². The van der Waals surface area contributed by atoms with Gasteiger partial charge in [-0.05, 0) is 56.9 Å². The second-order valence-electron chi connectivity index (χ2n) is 6.93. The fourth-order valence-corrected chi connectivity index (χ4v) is 3.38. The zero-order chi connectivity index (χ0) is 15.5. The Morgan fingerprint density at radius 2 is 2.22 bits per heavy atom. The summed E-state index contributed by atoms with van der Waals surface area (Å²) in [6.45, 7) is 3.16. The molecular formula is C18H25N5. The Hall–Kier alpha value is -1.75. The van der Waals surface area contributed by atoms with Crippen molar-refractivity contribution in [1.29, 1.82) is 0 Å². The topological polar surface area (TPSA) is 46.3 Å². The summed E-state index contributed by atoms with van der Waals surface area (Å²) in [6, 6.07) is 1.89. The molecule has 0 aromatic carbocycles. The second kappa shape index (κ2) is 6.79. The number of allylic oxidation sites excluding steroid dienone is 1. The molecule has 5 nitrogen and oxygen atoms in total. The maximum absolute atomic E-state index is 4.56. The number of hydrogen-bond donors (Lipinski definition) is 0. The molecule has 0 aliphatic heterocycles. The van der Waals surface area contributed by atoms with Crippen molar-refractivity contribution < 1.29 is 0 Å². The average molecular weight is 311 g/mol. The van der Waals surface area contributed by atoms with Crippen LogP contribution in [0.1, 0.15) is 50.8 Å². The molecule has 2 aliphatic carbocycles.